The molecule has 2 N–H and O–H groups in total. The summed E-state index contributed by atoms with van der Waals surface area (Å²) in [4.78, 5) is 8.33. The second-order valence-electron chi connectivity index (χ2n) is 0.481. The molecule has 0 aliphatic heterocycles. The Kier molecular flexibility index (Phi) is 20.7. The van der Waals surface area contributed by atoms with Gasteiger partial charge in [-0.05, 0) is 6.16 Å². The molecule has 0 aromatic rings. The van der Waals surface area contributed by atoms with E-state index in [0.717, 1.165) is 0 Å². The van der Waals surface area contributed by atoms with Crippen molar-refractivity contribution in [3.05, 3.63) is 0 Å². The molecule has 0 saturated heterocycles. The van der Waals surface area contributed by atoms with Crippen molar-refractivity contribution in [3.63, 3.8) is 0 Å². The van der Waals surface area contributed by atoms with E-state index in [1.54, 1.807) is 0 Å². The second kappa shape index (κ2) is 11.4. The quantitative estimate of drug-likeness (QED) is 0.301. The fourth-order valence-electron chi connectivity index (χ4n) is 0. The van der Waals surface area contributed by atoms with Crippen LogP contribution in [0.15, 0.2) is 0 Å². The van der Waals surface area contributed by atoms with Gasteiger partial charge in [0, 0.05) is 0 Å². The molecule has 0 atom stereocenters. The molecule has 9 heavy (non-hydrogen) atoms. The van der Waals surface area contributed by atoms with Gasteiger partial charge in [0.05, 0.1) is 0 Å². The van der Waals surface area contributed by atoms with E-state index in [9.17, 15) is 0 Å². The maximum absolute atomic E-state index is 8.67. The predicted molar refractivity (Wildman–Crippen MR) is 24.5 cm³/mol. The van der Waals surface area contributed by atoms with Crippen molar-refractivity contribution in [3.8, 4) is 0 Å². The Morgan fingerprint density at radius 3 is 1.33 bits per heavy atom. The SMILES string of the molecule is O=C([O-])[O-].O=S(O)O.[Ca+2]. The van der Waals surface area contributed by atoms with E-state index < -0.39 is 17.5 Å². The molecule has 0 rings (SSSR count). The van der Waals surface area contributed by atoms with Gasteiger partial charge in [-0.1, -0.05) is 0 Å². The predicted octanol–water partition coefficient (Wildman–Crippen LogP) is -3.15. The number of hydrogen-bond acceptors (Lipinski definition) is 4. The van der Waals surface area contributed by atoms with Crippen molar-refractivity contribution in [2.24, 2.45) is 0 Å². The molecule has 0 aromatic heterocycles. The van der Waals surface area contributed by atoms with Crippen molar-refractivity contribution >= 4 is 55.3 Å². The maximum atomic E-state index is 8.67. The third kappa shape index (κ3) is 1040. The van der Waals surface area contributed by atoms with E-state index in [4.69, 9.17) is 28.3 Å². The molecule has 0 aromatic carbocycles. The molecule has 6 nitrogen and oxygen atoms in total. The first-order valence-electron chi connectivity index (χ1n) is 1.14. The molecule has 0 saturated carbocycles. The fourth-order valence-corrected chi connectivity index (χ4v) is 0. The van der Waals surface area contributed by atoms with E-state index in [0.29, 0.717) is 0 Å². The smallest absolute Gasteiger partial charge is 0.652 e. The molecule has 0 radical (unpaired) electrons. The zero-order chi connectivity index (χ0) is 7.15. The molecule has 50 valence electrons. The van der Waals surface area contributed by atoms with Crippen LogP contribution in [-0.4, -0.2) is 57.2 Å². The zero-order valence-electron chi connectivity index (χ0n) is 4.14. The van der Waals surface area contributed by atoms with Gasteiger partial charge in [-0.15, -0.1) is 0 Å². The Bertz CT molecular complexity index is 71.1. The van der Waals surface area contributed by atoms with Crippen LogP contribution in [0.25, 0.3) is 0 Å². The molecule has 0 aliphatic rings. The van der Waals surface area contributed by atoms with Crippen LogP contribution in [-0.2, 0) is 11.4 Å². The second-order valence-corrected chi connectivity index (χ2v) is 0.942. The first kappa shape index (κ1) is 16.3. The average molecular weight is 182 g/mol. The normalized spacial score (nSPS) is 6.56. The number of carbonyl (C=O) groups is 1. The summed E-state index contributed by atoms with van der Waals surface area (Å²) in [7, 11) is 0. The van der Waals surface area contributed by atoms with Gasteiger partial charge in [0.2, 0.25) is 0 Å². The first-order valence-corrected chi connectivity index (χ1v) is 2.21. The molecule has 0 bridgehead atoms. The van der Waals surface area contributed by atoms with Crippen LogP contribution in [0.5, 0.6) is 0 Å². The Hall–Kier alpha value is 0.600. The van der Waals surface area contributed by atoms with Crippen LogP contribution in [0.4, 0.5) is 4.79 Å². The molecule has 0 spiro atoms. The zero-order valence-corrected chi connectivity index (χ0v) is 7.17. The van der Waals surface area contributed by atoms with Gasteiger partial charge >= 0.3 is 37.7 Å². The van der Waals surface area contributed by atoms with E-state index in [1.165, 1.54) is 0 Å². The minimum atomic E-state index is -2.61. The number of rotatable bonds is 0. The summed E-state index contributed by atoms with van der Waals surface area (Å²) in [5, 5.41) is 16.7. The van der Waals surface area contributed by atoms with Gasteiger partial charge in [0.15, 0.2) is 0 Å². The molecule has 0 unspecified atom stereocenters. The standard InChI is InChI=1S/CH2O3.Ca.H2O3S/c2-1(3)4;;1-4(2)3/h(H2,2,3,4);;(H2,1,2,3)/q;+2;/p-2. The van der Waals surface area contributed by atoms with Gasteiger partial charge in [-0.3, -0.25) is 9.11 Å². The van der Waals surface area contributed by atoms with Crippen molar-refractivity contribution in [1.29, 1.82) is 0 Å². The van der Waals surface area contributed by atoms with Crippen LogP contribution in [0.1, 0.15) is 0 Å². The third-order valence-corrected chi connectivity index (χ3v) is 0. The molecule has 0 amide bonds. The Balaban J connectivity index is -0.0000000720. The van der Waals surface area contributed by atoms with Crippen molar-refractivity contribution in [2.75, 3.05) is 0 Å². The summed E-state index contributed by atoms with van der Waals surface area (Å²) in [5.74, 6) is 0. The summed E-state index contributed by atoms with van der Waals surface area (Å²) in [6, 6.07) is 0. The molecule has 0 heterocycles. The fraction of sp³-hybridized carbons (Fsp3) is 0. The minimum absolute atomic E-state index is 0. The van der Waals surface area contributed by atoms with Crippen LogP contribution < -0.4 is 10.2 Å². The topological polar surface area (TPSA) is 121 Å². The van der Waals surface area contributed by atoms with Crippen LogP contribution in [0, 0.1) is 0 Å². The monoisotopic (exact) mass is 182 g/mol. The van der Waals surface area contributed by atoms with E-state index in [1.807, 2.05) is 0 Å². The Labute approximate surface area is 83.0 Å². The van der Waals surface area contributed by atoms with E-state index >= 15 is 0 Å². The van der Waals surface area contributed by atoms with E-state index in [-0.39, 0.29) is 37.7 Å². The summed E-state index contributed by atoms with van der Waals surface area (Å²) < 4.78 is 22.8. The van der Waals surface area contributed by atoms with E-state index in [2.05, 4.69) is 0 Å². The number of carbonyl (C=O) groups excluding carboxylic acids is 1. The largest absolute Gasteiger partial charge is 2.00 e. The molecular formula is CH2CaO6S. The average Bonchev–Trinajstić information content (AvgIpc) is 1.25. The number of carboxylic acid groups (broad SMARTS) is 2. The summed E-state index contributed by atoms with van der Waals surface area (Å²) >= 11 is -2.61. The van der Waals surface area contributed by atoms with Crippen LogP contribution in [0.3, 0.4) is 0 Å². The van der Waals surface area contributed by atoms with Crippen LogP contribution >= 0.6 is 0 Å². The van der Waals surface area contributed by atoms with Crippen LogP contribution in [0.2, 0.25) is 0 Å². The van der Waals surface area contributed by atoms with Crippen molar-refractivity contribution in [2.45, 2.75) is 0 Å². The van der Waals surface area contributed by atoms with Crippen molar-refractivity contribution < 1.29 is 28.3 Å². The molecule has 0 fully saturated rings. The maximum Gasteiger partial charge on any atom is 2.00 e. The summed E-state index contributed by atoms with van der Waals surface area (Å²) in [6.07, 6.45) is -2.33. The summed E-state index contributed by atoms with van der Waals surface area (Å²) in [5.41, 5.74) is 0. The third-order valence-electron chi connectivity index (χ3n) is 0. The van der Waals surface area contributed by atoms with Gasteiger partial charge in [-0.2, -0.15) is 4.21 Å². The molecule has 8 heteroatoms. The molecule has 0 aliphatic carbocycles. The Morgan fingerprint density at radius 2 is 1.33 bits per heavy atom. The van der Waals surface area contributed by atoms with Gasteiger partial charge in [-0.25, -0.2) is 0 Å². The van der Waals surface area contributed by atoms with Crippen molar-refractivity contribution in [1.82, 2.24) is 0 Å². The van der Waals surface area contributed by atoms with Gasteiger partial charge in [0.25, 0.3) is 11.4 Å². The summed E-state index contributed by atoms with van der Waals surface area (Å²) in [6.45, 7) is 0. The minimum Gasteiger partial charge on any atom is -0.652 e. The molecular weight excluding hydrogens is 180 g/mol. The first-order chi connectivity index (χ1) is 3.46. The van der Waals surface area contributed by atoms with Gasteiger partial charge in [0.1, 0.15) is 0 Å². The number of hydrogen-bond donors (Lipinski definition) is 2. The Morgan fingerprint density at radius 1 is 1.33 bits per heavy atom. The van der Waals surface area contributed by atoms with Gasteiger partial charge < -0.3 is 15.0 Å².